The van der Waals surface area contributed by atoms with E-state index >= 15 is 0 Å². The highest BCUT2D eigenvalue weighted by Crippen LogP contribution is 2.54. The number of sulfone groups is 1. The summed E-state index contributed by atoms with van der Waals surface area (Å²) in [4.78, 5) is 0. The topological polar surface area (TPSA) is 69.4 Å². The van der Waals surface area contributed by atoms with Gasteiger partial charge in [-0.15, -0.1) is 0 Å². The normalized spacial score (nSPS) is 29.4. The van der Waals surface area contributed by atoms with Crippen molar-refractivity contribution < 1.29 is 13.2 Å². The van der Waals surface area contributed by atoms with Crippen LogP contribution >= 0.6 is 11.6 Å². The van der Waals surface area contributed by atoms with Crippen molar-refractivity contribution in [1.82, 2.24) is 0 Å². The van der Waals surface area contributed by atoms with Crippen molar-refractivity contribution in [3.63, 3.8) is 0 Å². The predicted molar refractivity (Wildman–Crippen MR) is 80.9 cm³/mol. The van der Waals surface area contributed by atoms with Crippen LogP contribution in [0.1, 0.15) is 25.3 Å². The predicted octanol–water partition coefficient (Wildman–Crippen LogP) is 1.97. The maximum Gasteiger partial charge on any atom is 0.155 e. The summed E-state index contributed by atoms with van der Waals surface area (Å²) in [5, 5.41) is 0.0458. The quantitative estimate of drug-likeness (QED) is 0.871. The Morgan fingerprint density at radius 3 is 2.40 bits per heavy atom. The summed E-state index contributed by atoms with van der Waals surface area (Å²) in [7, 11) is -3.21. The van der Waals surface area contributed by atoms with Crippen LogP contribution in [0.3, 0.4) is 0 Å². The highest BCUT2D eigenvalue weighted by atomic mass is 35.5. The number of rotatable bonds is 6. The maximum absolute atomic E-state index is 12.2. The van der Waals surface area contributed by atoms with Crippen LogP contribution in [-0.4, -0.2) is 38.2 Å². The Labute approximate surface area is 125 Å². The second kappa shape index (κ2) is 5.64. The van der Waals surface area contributed by atoms with Gasteiger partial charge >= 0.3 is 0 Å². The first-order chi connectivity index (χ1) is 9.36. The molecule has 2 rings (SSSR count). The lowest BCUT2D eigenvalue weighted by Crippen LogP contribution is -2.36. The van der Waals surface area contributed by atoms with Crippen molar-refractivity contribution in [2.45, 2.75) is 30.6 Å². The molecule has 2 N–H and O–H groups in total. The van der Waals surface area contributed by atoms with E-state index in [1.165, 1.54) is 0 Å². The standard InChI is InChI=1S/C14H20ClNO3S/c1-3-19-9-14(16)12(13(14)20(17,18)4-2)10-5-7-11(15)8-6-10/h5-8,12-13H,3-4,9,16H2,1-2H3/t12-,13-,14+/m1/s1. The molecule has 1 aromatic rings. The van der Waals surface area contributed by atoms with Gasteiger partial charge < -0.3 is 10.5 Å². The van der Waals surface area contributed by atoms with Gasteiger partial charge in [0.2, 0.25) is 0 Å². The molecule has 112 valence electrons. The fourth-order valence-corrected chi connectivity index (χ4v) is 4.87. The first kappa shape index (κ1) is 15.8. The van der Waals surface area contributed by atoms with Gasteiger partial charge in [0.15, 0.2) is 9.84 Å². The van der Waals surface area contributed by atoms with E-state index < -0.39 is 20.6 Å². The molecule has 3 atom stereocenters. The molecule has 6 heteroatoms. The van der Waals surface area contributed by atoms with Gasteiger partial charge in [0.1, 0.15) is 0 Å². The van der Waals surface area contributed by atoms with Crippen molar-refractivity contribution in [3.8, 4) is 0 Å². The number of ether oxygens (including phenoxy) is 1. The molecule has 1 fully saturated rings. The number of nitrogens with two attached hydrogens (primary N) is 1. The Balaban J connectivity index is 2.32. The highest BCUT2D eigenvalue weighted by molar-refractivity contribution is 7.92. The average Bonchev–Trinajstić information content (AvgIpc) is 3.05. The third-order valence-corrected chi connectivity index (χ3v) is 6.42. The number of benzene rings is 1. The first-order valence-electron chi connectivity index (χ1n) is 6.70. The molecule has 1 saturated carbocycles. The third-order valence-electron chi connectivity index (χ3n) is 3.88. The molecule has 1 aromatic carbocycles. The van der Waals surface area contributed by atoms with Gasteiger partial charge in [-0.25, -0.2) is 8.42 Å². The molecule has 20 heavy (non-hydrogen) atoms. The average molecular weight is 318 g/mol. The first-order valence-corrected chi connectivity index (χ1v) is 8.79. The van der Waals surface area contributed by atoms with Crippen LogP contribution in [0.2, 0.25) is 5.02 Å². The second-order valence-electron chi connectivity index (χ2n) is 5.15. The molecule has 0 spiro atoms. The SMILES string of the molecule is CCOC[C@]1(N)[C@H](c2ccc(Cl)cc2)[C@H]1S(=O)(=O)CC. The fourth-order valence-electron chi connectivity index (χ4n) is 2.75. The van der Waals surface area contributed by atoms with E-state index in [1.807, 2.05) is 19.1 Å². The van der Waals surface area contributed by atoms with Gasteiger partial charge in [-0.05, 0) is 24.6 Å². The Kier molecular flexibility index (Phi) is 4.44. The van der Waals surface area contributed by atoms with Crippen LogP contribution in [0.4, 0.5) is 0 Å². The van der Waals surface area contributed by atoms with Crippen molar-refractivity contribution >= 4 is 21.4 Å². The Morgan fingerprint density at radius 1 is 1.30 bits per heavy atom. The Morgan fingerprint density at radius 2 is 1.90 bits per heavy atom. The van der Waals surface area contributed by atoms with E-state index in [9.17, 15) is 8.42 Å². The van der Waals surface area contributed by atoms with Crippen molar-refractivity contribution in [1.29, 1.82) is 0 Å². The summed E-state index contributed by atoms with van der Waals surface area (Å²) in [6, 6.07) is 7.19. The molecular weight excluding hydrogens is 298 g/mol. The molecule has 0 bridgehead atoms. The zero-order valence-electron chi connectivity index (χ0n) is 11.7. The van der Waals surface area contributed by atoms with Crippen molar-refractivity contribution in [3.05, 3.63) is 34.9 Å². The number of hydrogen-bond donors (Lipinski definition) is 1. The van der Waals surface area contributed by atoms with Crippen molar-refractivity contribution in [2.75, 3.05) is 19.0 Å². The molecule has 4 nitrogen and oxygen atoms in total. The van der Waals surface area contributed by atoms with E-state index in [2.05, 4.69) is 0 Å². The minimum Gasteiger partial charge on any atom is -0.380 e. The summed E-state index contributed by atoms with van der Waals surface area (Å²) in [5.41, 5.74) is 6.38. The third kappa shape index (κ3) is 2.72. The van der Waals surface area contributed by atoms with Crippen LogP contribution in [0.15, 0.2) is 24.3 Å². The van der Waals surface area contributed by atoms with Gasteiger partial charge in [0.25, 0.3) is 0 Å². The molecule has 1 aliphatic rings. The van der Waals surface area contributed by atoms with E-state index in [4.69, 9.17) is 22.1 Å². The molecule has 1 aliphatic carbocycles. The summed E-state index contributed by atoms with van der Waals surface area (Å²) in [6.45, 7) is 4.28. The Bertz CT molecular complexity index is 573. The summed E-state index contributed by atoms with van der Waals surface area (Å²) < 4.78 is 29.8. The monoisotopic (exact) mass is 317 g/mol. The highest BCUT2D eigenvalue weighted by Gasteiger charge is 2.68. The van der Waals surface area contributed by atoms with Crippen LogP contribution in [0.5, 0.6) is 0 Å². The molecule has 0 heterocycles. The van der Waals surface area contributed by atoms with E-state index in [1.54, 1.807) is 19.1 Å². The van der Waals surface area contributed by atoms with E-state index in [-0.39, 0.29) is 18.3 Å². The second-order valence-corrected chi connectivity index (χ2v) is 8.00. The summed E-state index contributed by atoms with van der Waals surface area (Å²) in [5.74, 6) is -0.136. The number of halogens is 1. The van der Waals surface area contributed by atoms with E-state index in [0.29, 0.717) is 11.6 Å². The Hall–Kier alpha value is -0.620. The van der Waals surface area contributed by atoms with Crippen LogP contribution in [0.25, 0.3) is 0 Å². The molecule has 0 saturated heterocycles. The lowest BCUT2D eigenvalue weighted by Gasteiger charge is -2.12. The van der Waals surface area contributed by atoms with Gasteiger partial charge in [0.05, 0.1) is 17.4 Å². The lowest BCUT2D eigenvalue weighted by molar-refractivity contribution is 0.125. The smallest absolute Gasteiger partial charge is 0.155 e. The number of hydrogen-bond acceptors (Lipinski definition) is 4. The molecule has 0 aromatic heterocycles. The van der Waals surface area contributed by atoms with Crippen LogP contribution < -0.4 is 5.73 Å². The molecule has 0 amide bonds. The van der Waals surface area contributed by atoms with E-state index in [0.717, 1.165) is 5.56 Å². The van der Waals surface area contributed by atoms with Gasteiger partial charge in [-0.1, -0.05) is 30.7 Å². The fraction of sp³-hybridized carbons (Fsp3) is 0.571. The van der Waals surface area contributed by atoms with Gasteiger partial charge in [-0.3, -0.25) is 0 Å². The molecule has 0 radical (unpaired) electrons. The van der Waals surface area contributed by atoms with Gasteiger partial charge in [-0.2, -0.15) is 0 Å². The minimum atomic E-state index is -3.21. The zero-order valence-corrected chi connectivity index (χ0v) is 13.2. The minimum absolute atomic E-state index is 0.0901. The molecule has 0 aliphatic heterocycles. The largest absolute Gasteiger partial charge is 0.380 e. The maximum atomic E-state index is 12.2. The van der Waals surface area contributed by atoms with Crippen molar-refractivity contribution in [2.24, 2.45) is 5.73 Å². The summed E-state index contributed by atoms with van der Waals surface area (Å²) >= 11 is 5.87. The summed E-state index contributed by atoms with van der Waals surface area (Å²) in [6.07, 6.45) is 0. The molecule has 0 unspecified atom stereocenters. The van der Waals surface area contributed by atoms with Crippen LogP contribution in [-0.2, 0) is 14.6 Å². The van der Waals surface area contributed by atoms with Gasteiger partial charge in [0, 0.05) is 23.3 Å². The van der Waals surface area contributed by atoms with Crippen LogP contribution in [0, 0.1) is 0 Å². The molecular formula is C14H20ClNO3S. The zero-order chi connectivity index (χ0) is 15.0. The lowest BCUT2D eigenvalue weighted by atomic mass is 10.1.